The van der Waals surface area contributed by atoms with E-state index in [1.54, 1.807) is 0 Å². The molecule has 61 heavy (non-hydrogen) atoms. The first-order chi connectivity index (χ1) is 29.9. The molecule has 0 fully saturated rings. The Morgan fingerprint density at radius 2 is 1.18 bits per heavy atom. The number of benzene rings is 7. The molecule has 11 rings (SSSR count). The van der Waals surface area contributed by atoms with Crippen molar-refractivity contribution in [2.24, 2.45) is 0 Å². The van der Waals surface area contributed by atoms with Gasteiger partial charge in [-0.05, 0) is 55.0 Å². The minimum atomic E-state index is -0.393. The summed E-state index contributed by atoms with van der Waals surface area (Å²) in [6.45, 7) is 11.0. The molecule has 7 aromatic carbocycles. The van der Waals surface area contributed by atoms with Crippen LogP contribution >= 0.6 is 0 Å². The second-order valence-corrected chi connectivity index (χ2v) is 16.1. The molecule has 0 bridgehead atoms. The number of aromatic nitrogens is 5. The highest BCUT2D eigenvalue weighted by molar-refractivity contribution is 6.16. The average Bonchev–Trinajstić information content (AvgIpc) is 3.85. The maximum Gasteiger partial charge on any atom is 0.164 e. The van der Waals surface area contributed by atoms with Gasteiger partial charge < -0.3 is 14.5 Å². The molecule has 1 aliphatic heterocycles. The van der Waals surface area contributed by atoms with Crippen molar-refractivity contribution in [1.82, 2.24) is 24.5 Å². The Morgan fingerprint density at radius 3 is 1.85 bits per heavy atom. The second-order valence-electron chi connectivity index (χ2n) is 16.1. The van der Waals surface area contributed by atoms with Crippen LogP contribution in [0.3, 0.4) is 0 Å². The van der Waals surface area contributed by atoms with E-state index in [4.69, 9.17) is 15.0 Å². The maximum absolute atomic E-state index is 5.11. The van der Waals surface area contributed by atoms with Crippen molar-refractivity contribution in [3.63, 3.8) is 0 Å². The Labute approximate surface area is 354 Å². The first kappa shape index (κ1) is 36.3. The van der Waals surface area contributed by atoms with Crippen LogP contribution in [0.15, 0.2) is 176 Å². The molecule has 10 aromatic rings. The SMILES string of the molecule is C=Cc1c(/C=C\C)[nH]c2c3c(ccc12)N(c1ccccc1)c1c(ccc2c4ccccc4n(-c4cccc(-c5nc(-c6ccccc6)nc(-c6ccccc6)n5)c4)c12)C3(C)C. The molecule has 6 heteroatoms. The van der Waals surface area contributed by atoms with Crippen LogP contribution in [-0.2, 0) is 5.41 Å². The van der Waals surface area contributed by atoms with E-state index in [1.807, 2.05) is 66.7 Å². The van der Waals surface area contributed by atoms with E-state index in [-0.39, 0.29) is 0 Å². The number of H-pyrrole nitrogens is 1. The van der Waals surface area contributed by atoms with Crippen LogP contribution < -0.4 is 4.90 Å². The number of hydrogen-bond donors (Lipinski definition) is 1. The van der Waals surface area contributed by atoms with E-state index in [9.17, 15) is 0 Å². The molecule has 0 amide bonds. The van der Waals surface area contributed by atoms with Gasteiger partial charge in [0.1, 0.15) is 0 Å². The smallest absolute Gasteiger partial charge is 0.164 e. The Kier molecular flexibility index (Phi) is 8.43. The van der Waals surface area contributed by atoms with Gasteiger partial charge in [-0.25, -0.2) is 15.0 Å². The van der Waals surface area contributed by atoms with E-state index in [2.05, 4.69) is 157 Å². The van der Waals surface area contributed by atoms with Gasteiger partial charge in [0.25, 0.3) is 0 Å². The van der Waals surface area contributed by atoms with Gasteiger partial charge in [-0.15, -0.1) is 0 Å². The molecule has 0 atom stereocenters. The number of allylic oxidation sites excluding steroid dienone is 1. The summed E-state index contributed by atoms with van der Waals surface area (Å²) in [5.41, 5.74) is 14.9. The summed E-state index contributed by atoms with van der Waals surface area (Å²) in [6.07, 6.45) is 6.19. The molecular weight excluding hydrogens is 745 g/mol. The number of aromatic amines is 1. The normalized spacial score (nSPS) is 13.3. The molecule has 1 N–H and O–H groups in total. The summed E-state index contributed by atoms with van der Waals surface area (Å²) in [5.74, 6) is 1.88. The van der Waals surface area contributed by atoms with E-state index < -0.39 is 5.41 Å². The number of fused-ring (bicyclic) bond motifs is 8. The van der Waals surface area contributed by atoms with Crippen LogP contribution in [0.25, 0.3) is 84.7 Å². The van der Waals surface area contributed by atoms with Crippen LogP contribution in [0, 0.1) is 0 Å². The Bertz CT molecular complexity index is 3300. The number of anilines is 3. The van der Waals surface area contributed by atoms with Gasteiger partial charge in [0.15, 0.2) is 17.5 Å². The molecule has 4 heterocycles. The van der Waals surface area contributed by atoms with Crippen molar-refractivity contribution < 1.29 is 0 Å². The second kappa shape index (κ2) is 14.2. The van der Waals surface area contributed by atoms with Crippen molar-refractivity contribution >= 4 is 61.9 Å². The Hall–Kier alpha value is -7.83. The highest BCUT2D eigenvalue weighted by atomic mass is 15.2. The topological polar surface area (TPSA) is 62.6 Å². The van der Waals surface area contributed by atoms with Gasteiger partial charge in [-0.2, -0.15) is 0 Å². The lowest BCUT2D eigenvalue weighted by molar-refractivity contribution is 0.637. The zero-order chi connectivity index (χ0) is 41.2. The largest absolute Gasteiger partial charge is 0.354 e. The summed E-state index contributed by atoms with van der Waals surface area (Å²) in [4.78, 5) is 21.5. The van der Waals surface area contributed by atoms with Crippen LogP contribution in [0.2, 0.25) is 0 Å². The zero-order valence-corrected chi connectivity index (χ0v) is 34.3. The molecule has 0 aliphatic carbocycles. The van der Waals surface area contributed by atoms with Gasteiger partial charge in [0.2, 0.25) is 0 Å². The Balaban J connectivity index is 1.19. The predicted octanol–water partition coefficient (Wildman–Crippen LogP) is 14.2. The molecule has 0 saturated carbocycles. The third kappa shape index (κ3) is 5.67. The van der Waals surface area contributed by atoms with Crippen molar-refractivity contribution in [3.05, 3.63) is 199 Å². The summed E-state index contributed by atoms with van der Waals surface area (Å²) in [5, 5.41) is 3.54. The standard InChI is InChI=1S/C55H42N6/c1-5-19-45-40(6-2)42-31-33-47-48(49(42)56-45)55(3,4)44-32-30-43-41-28-16-17-29-46(41)61(50(43)51(44)60(47)38-25-14-9-15-26-38)39-27-18-24-37(34-39)54-58-52(35-20-10-7-11-21-35)57-53(59-54)36-22-12-8-13-23-36/h5-34,56H,2H2,1,3-4H3/b19-5-. The molecular formula is C55H42N6. The molecule has 0 saturated heterocycles. The predicted molar refractivity (Wildman–Crippen MR) is 254 cm³/mol. The number of nitrogens with one attached hydrogen (secondary N) is 1. The van der Waals surface area contributed by atoms with Crippen LogP contribution in [0.5, 0.6) is 0 Å². The lowest BCUT2D eigenvalue weighted by Crippen LogP contribution is -2.31. The molecule has 0 spiro atoms. The van der Waals surface area contributed by atoms with Gasteiger partial charge in [0, 0.05) is 66.5 Å². The van der Waals surface area contributed by atoms with Gasteiger partial charge >= 0.3 is 0 Å². The average molecular weight is 787 g/mol. The molecule has 1 aliphatic rings. The fourth-order valence-corrected chi connectivity index (χ4v) is 9.49. The lowest BCUT2D eigenvalue weighted by Gasteiger charge is -2.43. The van der Waals surface area contributed by atoms with Gasteiger partial charge in [-0.3, -0.25) is 0 Å². The van der Waals surface area contributed by atoms with Crippen molar-refractivity contribution in [3.8, 4) is 39.9 Å². The Morgan fingerprint density at radius 1 is 0.590 bits per heavy atom. The van der Waals surface area contributed by atoms with E-state index >= 15 is 0 Å². The fourth-order valence-electron chi connectivity index (χ4n) is 9.49. The number of nitrogens with zero attached hydrogens (tertiary/aromatic N) is 5. The first-order valence-corrected chi connectivity index (χ1v) is 20.8. The third-order valence-electron chi connectivity index (χ3n) is 12.2. The van der Waals surface area contributed by atoms with Crippen molar-refractivity contribution in [2.75, 3.05) is 4.90 Å². The molecule has 0 radical (unpaired) electrons. The maximum atomic E-state index is 5.11. The number of para-hydroxylation sites is 2. The highest BCUT2D eigenvalue weighted by Crippen LogP contribution is 2.57. The van der Waals surface area contributed by atoms with Crippen LogP contribution in [-0.4, -0.2) is 24.5 Å². The van der Waals surface area contributed by atoms with Crippen molar-refractivity contribution in [2.45, 2.75) is 26.2 Å². The molecule has 3 aromatic heterocycles. The minimum Gasteiger partial charge on any atom is -0.354 e. The summed E-state index contributed by atoms with van der Waals surface area (Å²) < 4.78 is 2.44. The molecule has 292 valence electrons. The number of hydrogen-bond acceptors (Lipinski definition) is 4. The summed E-state index contributed by atoms with van der Waals surface area (Å²) in [6, 6.07) is 57.7. The first-order valence-electron chi connectivity index (χ1n) is 20.8. The quantitative estimate of drug-likeness (QED) is 0.175. The highest BCUT2D eigenvalue weighted by Gasteiger charge is 2.41. The minimum absolute atomic E-state index is 0.393. The monoisotopic (exact) mass is 786 g/mol. The van der Waals surface area contributed by atoms with Crippen molar-refractivity contribution in [1.29, 1.82) is 0 Å². The van der Waals surface area contributed by atoms with E-state index in [1.165, 1.54) is 27.3 Å². The van der Waals surface area contributed by atoms with Gasteiger partial charge in [0.05, 0.1) is 27.9 Å². The lowest BCUT2D eigenvalue weighted by atomic mass is 9.72. The van der Waals surface area contributed by atoms with E-state index in [0.717, 1.165) is 67.2 Å². The van der Waals surface area contributed by atoms with Crippen LogP contribution in [0.1, 0.15) is 43.2 Å². The molecule has 6 nitrogen and oxygen atoms in total. The zero-order valence-electron chi connectivity index (χ0n) is 34.3. The third-order valence-corrected chi connectivity index (χ3v) is 12.2. The van der Waals surface area contributed by atoms with Crippen LogP contribution in [0.4, 0.5) is 17.1 Å². The summed E-state index contributed by atoms with van der Waals surface area (Å²) in [7, 11) is 0. The fraction of sp³-hybridized carbons (Fsp3) is 0.0727. The molecule has 0 unspecified atom stereocenters. The number of rotatable bonds is 7. The van der Waals surface area contributed by atoms with E-state index in [0.29, 0.717) is 17.5 Å². The van der Waals surface area contributed by atoms with Gasteiger partial charge in [-0.1, -0.05) is 160 Å². The summed E-state index contributed by atoms with van der Waals surface area (Å²) >= 11 is 0.